The van der Waals surface area contributed by atoms with Crippen LogP contribution in [0.4, 0.5) is 30.2 Å². The van der Waals surface area contributed by atoms with E-state index in [2.05, 4.69) is 21.2 Å². The van der Waals surface area contributed by atoms with Crippen molar-refractivity contribution in [2.45, 2.75) is 16.0 Å². The quantitative estimate of drug-likeness (QED) is 0.537. The smallest absolute Gasteiger partial charge is 0.397 e. The number of nitrogens with one attached hydrogen (secondary N) is 1. The summed E-state index contributed by atoms with van der Waals surface area (Å²) in [5, 5.41) is 3.09. The van der Waals surface area contributed by atoms with Gasteiger partial charge < -0.3 is 11.1 Å². The summed E-state index contributed by atoms with van der Waals surface area (Å²) in [4.78, 5) is 1.34. The Kier molecular flexibility index (Phi) is 3.13. The van der Waals surface area contributed by atoms with Gasteiger partial charge in [-0.1, -0.05) is 27.7 Å². The highest BCUT2D eigenvalue weighted by Gasteiger charge is 2.33. The Morgan fingerprint density at radius 3 is 2.55 bits per heavy atom. The van der Waals surface area contributed by atoms with Crippen molar-refractivity contribution < 1.29 is 13.2 Å². The van der Waals surface area contributed by atoms with E-state index in [1.54, 1.807) is 0 Å². The van der Waals surface area contributed by atoms with Gasteiger partial charge in [0.25, 0.3) is 0 Å². The van der Waals surface area contributed by atoms with E-state index in [0.717, 1.165) is 27.2 Å². The van der Waals surface area contributed by atoms with Crippen LogP contribution in [0.15, 0.2) is 44.6 Å². The normalized spacial score (nSPS) is 13.4. The van der Waals surface area contributed by atoms with Crippen LogP contribution in [0.5, 0.6) is 0 Å². The van der Waals surface area contributed by atoms with Crippen LogP contribution in [0.2, 0.25) is 0 Å². The zero-order valence-electron chi connectivity index (χ0n) is 9.88. The van der Waals surface area contributed by atoms with Crippen molar-refractivity contribution in [2.24, 2.45) is 0 Å². The maximum atomic E-state index is 12.8. The summed E-state index contributed by atoms with van der Waals surface area (Å²) in [6.07, 6.45) is -4.40. The number of nitrogen functional groups attached to an aromatic ring is 1. The molecule has 2 aromatic rings. The number of nitrogens with two attached hydrogens (primary N) is 1. The second-order valence-electron chi connectivity index (χ2n) is 4.30. The molecule has 104 valence electrons. The third kappa shape index (κ3) is 2.35. The Balaban J connectivity index is 2.10. The summed E-state index contributed by atoms with van der Waals surface area (Å²) < 4.78 is 39.3. The van der Waals surface area contributed by atoms with Gasteiger partial charge in [-0.05, 0) is 30.3 Å². The summed E-state index contributed by atoms with van der Waals surface area (Å²) in [6.45, 7) is 0. The zero-order chi connectivity index (χ0) is 14.5. The van der Waals surface area contributed by atoms with Crippen LogP contribution in [0.25, 0.3) is 0 Å². The molecule has 0 bridgehead atoms. The van der Waals surface area contributed by atoms with Crippen molar-refractivity contribution in [3.05, 3.63) is 40.4 Å². The van der Waals surface area contributed by atoms with Gasteiger partial charge in [0.15, 0.2) is 0 Å². The molecule has 0 radical (unpaired) electrons. The minimum atomic E-state index is -4.40. The van der Waals surface area contributed by atoms with E-state index in [-0.39, 0.29) is 5.69 Å². The number of hydrogen-bond acceptors (Lipinski definition) is 3. The lowest BCUT2D eigenvalue weighted by atomic mass is 10.1. The van der Waals surface area contributed by atoms with E-state index in [1.165, 1.54) is 11.8 Å². The molecule has 2 nitrogen and oxygen atoms in total. The number of fused-ring (bicyclic) bond motifs is 2. The fourth-order valence-corrected chi connectivity index (χ4v) is 3.37. The molecule has 0 saturated carbocycles. The Hall–Kier alpha value is -1.34. The van der Waals surface area contributed by atoms with Crippen LogP contribution in [0.1, 0.15) is 5.56 Å². The van der Waals surface area contributed by atoms with E-state index in [4.69, 9.17) is 5.73 Å². The molecule has 1 aliphatic heterocycles. The Labute approximate surface area is 125 Å². The highest BCUT2D eigenvalue weighted by molar-refractivity contribution is 9.10. The molecule has 1 heterocycles. The summed E-state index contributed by atoms with van der Waals surface area (Å²) in [6, 6.07) is 7.62. The number of anilines is 3. The highest BCUT2D eigenvalue weighted by atomic mass is 79.9. The fourth-order valence-electron chi connectivity index (χ4n) is 1.96. The molecule has 0 saturated heterocycles. The third-order valence-electron chi connectivity index (χ3n) is 2.88. The van der Waals surface area contributed by atoms with Crippen molar-refractivity contribution in [1.82, 2.24) is 0 Å². The summed E-state index contributed by atoms with van der Waals surface area (Å²) in [7, 11) is 0. The lowest BCUT2D eigenvalue weighted by Gasteiger charge is -2.23. The highest BCUT2D eigenvalue weighted by Crippen LogP contribution is 2.49. The molecule has 20 heavy (non-hydrogen) atoms. The van der Waals surface area contributed by atoms with Crippen molar-refractivity contribution in [2.75, 3.05) is 11.1 Å². The van der Waals surface area contributed by atoms with Gasteiger partial charge >= 0.3 is 6.18 Å². The zero-order valence-corrected chi connectivity index (χ0v) is 12.3. The molecule has 0 aliphatic carbocycles. The molecule has 0 fully saturated rings. The second kappa shape index (κ2) is 4.60. The third-order valence-corrected chi connectivity index (χ3v) is 4.49. The van der Waals surface area contributed by atoms with Gasteiger partial charge in [0.2, 0.25) is 0 Å². The number of halogens is 4. The van der Waals surface area contributed by atoms with Gasteiger partial charge in [0.05, 0.1) is 22.6 Å². The first-order valence-electron chi connectivity index (χ1n) is 5.60. The maximum Gasteiger partial charge on any atom is 0.416 e. The van der Waals surface area contributed by atoms with Crippen LogP contribution < -0.4 is 11.1 Å². The number of benzene rings is 2. The first kappa shape index (κ1) is 13.6. The largest absolute Gasteiger partial charge is 0.416 e. The van der Waals surface area contributed by atoms with E-state index in [1.807, 2.05) is 18.2 Å². The lowest BCUT2D eigenvalue weighted by molar-refractivity contribution is -0.137. The van der Waals surface area contributed by atoms with Gasteiger partial charge in [-0.2, -0.15) is 13.2 Å². The minimum absolute atomic E-state index is 0.0907. The van der Waals surface area contributed by atoms with Gasteiger partial charge in [-0.25, -0.2) is 0 Å². The Morgan fingerprint density at radius 1 is 1.10 bits per heavy atom. The van der Waals surface area contributed by atoms with Crippen LogP contribution in [-0.4, -0.2) is 0 Å². The van der Waals surface area contributed by atoms with Crippen LogP contribution in [0, 0.1) is 0 Å². The summed E-state index contributed by atoms with van der Waals surface area (Å²) in [5.41, 5.74) is 6.45. The molecule has 2 aromatic carbocycles. The number of rotatable bonds is 0. The SMILES string of the molecule is Nc1cc(C(F)(F)F)cc2c1Nc1cc(Br)ccc1S2. The minimum Gasteiger partial charge on any atom is -0.397 e. The van der Waals surface area contributed by atoms with Gasteiger partial charge in [0.1, 0.15) is 0 Å². The van der Waals surface area contributed by atoms with E-state index >= 15 is 0 Å². The molecule has 0 unspecified atom stereocenters. The maximum absolute atomic E-state index is 12.8. The molecular formula is C13H8BrF3N2S. The topological polar surface area (TPSA) is 38.0 Å². The number of hydrogen-bond donors (Lipinski definition) is 2. The number of alkyl halides is 3. The average molecular weight is 361 g/mol. The predicted octanol–water partition coefficient (Wildman–Crippen LogP) is 5.26. The molecule has 3 rings (SSSR count). The van der Waals surface area contributed by atoms with E-state index < -0.39 is 11.7 Å². The molecule has 3 N–H and O–H groups in total. The molecule has 0 aromatic heterocycles. The van der Waals surface area contributed by atoms with E-state index in [0.29, 0.717) is 10.6 Å². The molecule has 0 spiro atoms. The summed E-state index contributed by atoms with van der Waals surface area (Å²) in [5.74, 6) is 0. The molecule has 0 amide bonds. The first-order valence-corrected chi connectivity index (χ1v) is 7.21. The van der Waals surface area contributed by atoms with Crippen molar-refractivity contribution in [1.29, 1.82) is 0 Å². The molecule has 1 aliphatic rings. The summed E-state index contributed by atoms with van der Waals surface area (Å²) >= 11 is 4.63. The standard InChI is InChI=1S/C13H8BrF3N2S/c14-7-1-2-10-9(5-7)19-12-8(18)3-6(13(15,16)17)4-11(12)20-10/h1-5,19H,18H2. The average Bonchev–Trinajstić information content (AvgIpc) is 2.36. The first-order chi connectivity index (χ1) is 9.34. The molecular weight excluding hydrogens is 353 g/mol. The van der Waals surface area contributed by atoms with Gasteiger partial charge in [0, 0.05) is 14.3 Å². The van der Waals surface area contributed by atoms with Gasteiger partial charge in [-0.3, -0.25) is 0 Å². The Bertz CT molecular complexity index is 701. The van der Waals surface area contributed by atoms with Crippen molar-refractivity contribution in [3.63, 3.8) is 0 Å². The van der Waals surface area contributed by atoms with Crippen LogP contribution in [0.3, 0.4) is 0 Å². The van der Waals surface area contributed by atoms with Crippen molar-refractivity contribution >= 4 is 44.8 Å². The van der Waals surface area contributed by atoms with Crippen LogP contribution >= 0.6 is 27.7 Å². The molecule has 7 heteroatoms. The monoisotopic (exact) mass is 360 g/mol. The van der Waals surface area contributed by atoms with Crippen LogP contribution in [-0.2, 0) is 6.18 Å². The predicted molar refractivity (Wildman–Crippen MR) is 77.4 cm³/mol. The molecule has 0 atom stereocenters. The van der Waals surface area contributed by atoms with Crippen molar-refractivity contribution in [3.8, 4) is 0 Å². The fraction of sp³-hybridized carbons (Fsp3) is 0.0769. The lowest BCUT2D eigenvalue weighted by Crippen LogP contribution is -2.09. The Morgan fingerprint density at radius 2 is 1.85 bits per heavy atom. The second-order valence-corrected chi connectivity index (χ2v) is 6.30. The van der Waals surface area contributed by atoms with Gasteiger partial charge in [-0.15, -0.1) is 0 Å². The van der Waals surface area contributed by atoms with E-state index in [9.17, 15) is 13.2 Å².